The first-order valence-corrected chi connectivity index (χ1v) is 12.5. The summed E-state index contributed by atoms with van der Waals surface area (Å²) in [4.78, 5) is 12.2. The van der Waals surface area contributed by atoms with E-state index in [0.717, 1.165) is 0 Å². The summed E-state index contributed by atoms with van der Waals surface area (Å²) in [6.07, 6.45) is 2.68. The van der Waals surface area contributed by atoms with Crippen molar-refractivity contribution < 1.29 is 26.4 Å². The molecule has 0 saturated heterocycles. The Hall–Kier alpha value is -2.29. The smallest absolute Gasteiger partial charge is 0.199 e. The second-order valence-corrected chi connectivity index (χ2v) is 12.3. The van der Waals surface area contributed by atoms with Gasteiger partial charge >= 0.3 is 0 Å². The fraction of sp³-hybridized carbons (Fsp3) is 0.318. The normalized spacial score (nSPS) is 25.8. The lowest BCUT2D eigenvalue weighted by atomic mass is 9.81. The van der Waals surface area contributed by atoms with Crippen LogP contribution in [0.15, 0.2) is 82.6 Å². The summed E-state index contributed by atoms with van der Waals surface area (Å²) in [7, 11) is -7.38. The zero-order valence-corrected chi connectivity index (χ0v) is 18.0. The molecule has 0 radical (unpaired) electrons. The Morgan fingerprint density at radius 3 is 1.80 bits per heavy atom. The molecule has 2 atom stereocenters. The lowest BCUT2D eigenvalue weighted by Gasteiger charge is -2.41. The third kappa shape index (κ3) is 2.74. The molecule has 158 valence electrons. The van der Waals surface area contributed by atoms with Crippen molar-refractivity contribution in [3.63, 3.8) is 0 Å². The van der Waals surface area contributed by atoms with Gasteiger partial charge in [0.1, 0.15) is 0 Å². The molecule has 2 aliphatic carbocycles. The van der Waals surface area contributed by atoms with E-state index in [1.807, 2.05) is 0 Å². The Balaban J connectivity index is 2.06. The van der Waals surface area contributed by atoms with E-state index < -0.39 is 35.3 Å². The van der Waals surface area contributed by atoms with Crippen LogP contribution in [-0.4, -0.2) is 39.4 Å². The maximum atomic E-state index is 14.0. The van der Waals surface area contributed by atoms with Gasteiger partial charge in [0.05, 0.1) is 15.4 Å². The number of rotatable bonds is 5. The summed E-state index contributed by atoms with van der Waals surface area (Å²) in [5.41, 5.74) is -1.14. The molecule has 2 aliphatic rings. The van der Waals surface area contributed by atoms with Crippen LogP contribution >= 0.6 is 0 Å². The van der Waals surface area contributed by atoms with Crippen LogP contribution in [0.1, 0.15) is 19.3 Å². The Kier molecular flexibility index (Phi) is 4.99. The Morgan fingerprint density at radius 2 is 1.33 bits per heavy atom. The highest BCUT2D eigenvalue weighted by atomic mass is 32.3. The standard InChI is InChI=1S/C22H22O6S2/c1-28-21-13-12-17(23)16-20(21)22(15-14-21,29(24,25)18-8-4-2-5-9-18)30(26,27)19-10-6-3-7-11-19/h2-13,20H,14-16H2,1H3/t20-,21+/m0/s1. The van der Waals surface area contributed by atoms with Gasteiger partial charge in [0, 0.05) is 19.4 Å². The van der Waals surface area contributed by atoms with Crippen molar-refractivity contribution in [1.29, 1.82) is 0 Å². The van der Waals surface area contributed by atoms with Crippen LogP contribution in [0.4, 0.5) is 0 Å². The van der Waals surface area contributed by atoms with E-state index in [2.05, 4.69) is 0 Å². The Labute approximate surface area is 176 Å². The number of fused-ring (bicyclic) bond motifs is 1. The van der Waals surface area contributed by atoms with E-state index >= 15 is 0 Å². The molecule has 0 spiro atoms. The largest absolute Gasteiger partial charge is 0.374 e. The number of allylic oxidation sites excluding steroid dienone is 1. The highest BCUT2D eigenvalue weighted by Crippen LogP contribution is 2.58. The van der Waals surface area contributed by atoms with E-state index in [0.29, 0.717) is 0 Å². The number of methoxy groups -OCH3 is 1. The van der Waals surface area contributed by atoms with Crippen molar-refractivity contribution in [1.82, 2.24) is 0 Å². The minimum Gasteiger partial charge on any atom is -0.374 e. The van der Waals surface area contributed by atoms with Gasteiger partial charge in [0.25, 0.3) is 0 Å². The minimum absolute atomic E-state index is 0.0848. The second kappa shape index (κ2) is 7.14. The van der Waals surface area contributed by atoms with Crippen LogP contribution in [-0.2, 0) is 29.2 Å². The predicted octanol–water partition coefficient (Wildman–Crippen LogP) is 2.95. The molecule has 0 aliphatic heterocycles. The van der Waals surface area contributed by atoms with Crippen LogP contribution in [0.5, 0.6) is 0 Å². The van der Waals surface area contributed by atoms with Gasteiger partial charge in [-0.05, 0) is 49.3 Å². The van der Waals surface area contributed by atoms with Crippen molar-refractivity contribution in [3.05, 3.63) is 72.8 Å². The molecular formula is C22H22O6S2. The van der Waals surface area contributed by atoms with Crippen molar-refractivity contribution in [3.8, 4) is 0 Å². The van der Waals surface area contributed by atoms with E-state index in [9.17, 15) is 21.6 Å². The maximum absolute atomic E-state index is 14.0. The topological polar surface area (TPSA) is 94.6 Å². The molecule has 2 aromatic rings. The van der Waals surface area contributed by atoms with Gasteiger partial charge in [0.2, 0.25) is 0 Å². The number of sulfone groups is 2. The molecule has 2 aromatic carbocycles. The number of ketones is 1. The molecule has 8 heteroatoms. The summed E-state index contributed by atoms with van der Waals surface area (Å²) >= 11 is 0. The van der Waals surface area contributed by atoms with E-state index in [4.69, 9.17) is 4.74 Å². The third-order valence-electron chi connectivity index (χ3n) is 6.34. The fourth-order valence-electron chi connectivity index (χ4n) is 4.82. The van der Waals surface area contributed by atoms with Gasteiger partial charge in [-0.15, -0.1) is 0 Å². The van der Waals surface area contributed by atoms with Gasteiger partial charge in [0.15, 0.2) is 29.5 Å². The van der Waals surface area contributed by atoms with Gasteiger partial charge in [-0.1, -0.05) is 36.4 Å². The van der Waals surface area contributed by atoms with Crippen molar-refractivity contribution >= 4 is 25.5 Å². The van der Waals surface area contributed by atoms with Gasteiger partial charge in [-0.3, -0.25) is 4.79 Å². The summed E-state index contributed by atoms with van der Waals surface area (Å²) in [5.74, 6) is -1.38. The highest BCUT2D eigenvalue weighted by Gasteiger charge is 2.70. The van der Waals surface area contributed by atoms with E-state index in [1.54, 1.807) is 36.4 Å². The Morgan fingerprint density at radius 1 is 0.833 bits per heavy atom. The summed E-state index contributed by atoms with van der Waals surface area (Å²) in [6, 6.07) is 15.1. The van der Waals surface area contributed by atoms with Crippen LogP contribution in [0.3, 0.4) is 0 Å². The molecule has 0 heterocycles. The summed E-state index contributed by atoms with van der Waals surface area (Å²) in [5, 5.41) is 0. The quantitative estimate of drug-likeness (QED) is 0.701. The average Bonchev–Trinajstić information content (AvgIpc) is 3.12. The molecule has 0 aromatic heterocycles. The van der Waals surface area contributed by atoms with Gasteiger partial charge < -0.3 is 4.74 Å². The van der Waals surface area contributed by atoms with E-state index in [-0.39, 0.29) is 34.8 Å². The van der Waals surface area contributed by atoms with E-state index in [1.165, 1.54) is 43.5 Å². The van der Waals surface area contributed by atoms with Crippen LogP contribution in [0, 0.1) is 5.92 Å². The molecule has 30 heavy (non-hydrogen) atoms. The number of ether oxygens (including phenoxy) is 1. The lowest BCUT2D eigenvalue weighted by molar-refractivity contribution is -0.119. The molecule has 4 rings (SSSR count). The Bertz CT molecular complexity index is 1130. The van der Waals surface area contributed by atoms with Crippen LogP contribution < -0.4 is 0 Å². The van der Waals surface area contributed by atoms with Crippen molar-refractivity contribution in [2.45, 2.75) is 38.7 Å². The monoisotopic (exact) mass is 446 g/mol. The van der Waals surface area contributed by atoms with Gasteiger partial charge in [-0.25, -0.2) is 16.8 Å². The number of hydrogen-bond donors (Lipinski definition) is 0. The number of carbonyl (C=O) groups excluding carboxylic acids is 1. The maximum Gasteiger partial charge on any atom is 0.199 e. The summed E-state index contributed by atoms with van der Waals surface area (Å²) < 4.78 is 59.6. The first kappa shape index (κ1) is 21.0. The molecular weight excluding hydrogens is 424 g/mol. The molecule has 1 saturated carbocycles. The summed E-state index contributed by atoms with van der Waals surface area (Å²) in [6.45, 7) is 0. The predicted molar refractivity (Wildman–Crippen MR) is 111 cm³/mol. The minimum atomic E-state index is -4.40. The van der Waals surface area contributed by atoms with Gasteiger partial charge in [-0.2, -0.15) is 0 Å². The van der Waals surface area contributed by atoms with Crippen molar-refractivity contribution in [2.75, 3.05) is 7.11 Å². The first-order chi connectivity index (χ1) is 14.2. The highest BCUT2D eigenvalue weighted by molar-refractivity contribution is 8.10. The molecule has 0 bridgehead atoms. The number of hydrogen-bond acceptors (Lipinski definition) is 6. The number of benzene rings is 2. The fourth-order valence-corrected chi connectivity index (χ4v) is 10.4. The zero-order valence-electron chi connectivity index (χ0n) is 16.4. The SMILES string of the molecule is CO[C@@]12C=CC(=O)C[C@@H]1C(S(=O)(=O)c1ccccc1)(S(=O)(=O)c1ccccc1)CC2. The molecule has 6 nitrogen and oxygen atoms in total. The lowest BCUT2D eigenvalue weighted by Crippen LogP contribution is -2.55. The zero-order chi connectivity index (χ0) is 21.6. The molecule has 1 fully saturated rings. The molecule has 0 amide bonds. The molecule has 0 N–H and O–H groups in total. The van der Waals surface area contributed by atoms with Crippen LogP contribution in [0.2, 0.25) is 0 Å². The average molecular weight is 447 g/mol. The second-order valence-electron chi connectivity index (χ2n) is 7.66. The van der Waals surface area contributed by atoms with Crippen LogP contribution in [0.25, 0.3) is 0 Å². The van der Waals surface area contributed by atoms with Crippen molar-refractivity contribution in [2.24, 2.45) is 5.92 Å². The third-order valence-corrected chi connectivity index (χ3v) is 12.2. The first-order valence-electron chi connectivity index (χ1n) is 9.58. The number of carbonyl (C=O) groups is 1. The molecule has 0 unspecified atom stereocenters.